The summed E-state index contributed by atoms with van der Waals surface area (Å²) in [5.74, 6) is 2.48. The summed E-state index contributed by atoms with van der Waals surface area (Å²) < 4.78 is 5.25. The maximum Gasteiger partial charge on any atom is 0.163 e. The Morgan fingerprint density at radius 1 is 1.06 bits per heavy atom. The number of rotatable bonds is 7. The predicted octanol–water partition coefficient (Wildman–Crippen LogP) is 4.62. The molecule has 0 amide bonds. The van der Waals surface area contributed by atoms with Crippen LogP contribution in [0.4, 0.5) is 5.82 Å². The van der Waals surface area contributed by atoms with Crippen LogP contribution < -0.4 is 15.8 Å². The molecule has 1 aliphatic carbocycles. The molecule has 0 aliphatic heterocycles. The molecule has 3 aromatic heterocycles. The van der Waals surface area contributed by atoms with E-state index in [0.29, 0.717) is 6.54 Å². The Bertz CT molecular complexity index is 1210. The van der Waals surface area contributed by atoms with Crippen molar-refractivity contribution in [3.8, 4) is 17.1 Å². The topological polar surface area (TPSA) is 86.0 Å². The zero-order valence-electron chi connectivity index (χ0n) is 18.2. The molecular weight excluding hydrogens is 418 g/mol. The van der Waals surface area contributed by atoms with Crippen molar-refractivity contribution in [3.63, 3.8) is 0 Å². The van der Waals surface area contributed by atoms with E-state index in [1.54, 1.807) is 19.5 Å². The van der Waals surface area contributed by atoms with E-state index in [9.17, 15) is 0 Å². The first-order chi connectivity index (χ1) is 15.7. The van der Waals surface area contributed by atoms with Gasteiger partial charge in [-0.1, -0.05) is 12.1 Å². The molecule has 164 valence electrons. The summed E-state index contributed by atoms with van der Waals surface area (Å²) in [5, 5.41) is 4.75. The minimum Gasteiger partial charge on any atom is -0.497 e. The van der Waals surface area contributed by atoms with Gasteiger partial charge in [-0.2, -0.15) is 0 Å². The zero-order valence-corrected chi connectivity index (χ0v) is 19.0. The van der Waals surface area contributed by atoms with Crippen molar-refractivity contribution >= 4 is 27.4 Å². The summed E-state index contributed by atoms with van der Waals surface area (Å²) in [6.45, 7) is 0.637. The van der Waals surface area contributed by atoms with E-state index >= 15 is 0 Å². The molecule has 6 nitrogen and oxygen atoms in total. The van der Waals surface area contributed by atoms with Crippen LogP contribution in [0.5, 0.6) is 5.75 Å². The van der Waals surface area contributed by atoms with Crippen molar-refractivity contribution < 1.29 is 4.74 Å². The number of anilines is 1. The van der Waals surface area contributed by atoms with E-state index in [1.807, 2.05) is 35.6 Å². The van der Waals surface area contributed by atoms with Crippen molar-refractivity contribution in [2.24, 2.45) is 5.73 Å². The summed E-state index contributed by atoms with van der Waals surface area (Å²) >= 11 is 1.81. The third kappa shape index (κ3) is 4.31. The number of hydrogen-bond acceptors (Lipinski definition) is 7. The Labute approximate surface area is 191 Å². The number of nitrogens with zero attached hydrogens (tertiary/aromatic N) is 3. The van der Waals surface area contributed by atoms with Crippen molar-refractivity contribution in [1.82, 2.24) is 15.0 Å². The maximum absolute atomic E-state index is 6.49. The summed E-state index contributed by atoms with van der Waals surface area (Å²) in [4.78, 5) is 16.5. The van der Waals surface area contributed by atoms with Gasteiger partial charge in [0, 0.05) is 35.4 Å². The van der Waals surface area contributed by atoms with E-state index in [0.717, 1.165) is 47.0 Å². The minimum atomic E-state index is -0.0350. The van der Waals surface area contributed by atoms with Gasteiger partial charge >= 0.3 is 0 Å². The zero-order chi connectivity index (χ0) is 21.9. The Balaban J connectivity index is 1.42. The molecule has 4 aromatic rings. The van der Waals surface area contributed by atoms with Crippen LogP contribution in [-0.4, -0.2) is 34.6 Å². The third-order valence-electron chi connectivity index (χ3n) is 5.94. The highest BCUT2D eigenvalue weighted by molar-refractivity contribution is 7.19. The highest BCUT2D eigenvalue weighted by Gasteiger charge is 2.22. The number of hydrogen-bond donors (Lipinski definition) is 2. The van der Waals surface area contributed by atoms with E-state index in [2.05, 4.69) is 22.4 Å². The Morgan fingerprint density at radius 3 is 2.62 bits per heavy atom. The average molecular weight is 446 g/mol. The van der Waals surface area contributed by atoms with E-state index in [1.165, 1.54) is 34.2 Å². The number of pyridine rings is 1. The number of fused-ring (bicyclic) bond motifs is 3. The number of nitrogens with one attached hydrogen (secondary N) is 1. The van der Waals surface area contributed by atoms with Crippen molar-refractivity contribution in [3.05, 3.63) is 64.8 Å². The van der Waals surface area contributed by atoms with Gasteiger partial charge in [-0.25, -0.2) is 9.97 Å². The van der Waals surface area contributed by atoms with Gasteiger partial charge in [-0.3, -0.25) is 4.98 Å². The molecule has 0 bridgehead atoms. The molecule has 32 heavy (non-hydrogen) atoms. The molecule has 7 heteroatoms. The standard InChI is InChI=1S/C25H27N5OS/c1-31-19-8-6-16(7-9-19)14-18(26)15-28-24-22-20-4-2-3-5-21(20)32-25(22)30-23(29-24)17-10-12-27-13-11-17/h6-13,18H,2-5,14-15,26H2,1H3,(H,28,29,30). The summed E-state index contributed by atoms with van der Waals surface area (Å²) in [6.07, 6.45) is 9.04. The van der Waals surface area contributed by atoms with Crippen LogP contribution in [0.25, 0.3) is 21.6 Å². The van der Waals surface area contributed by atoms with Crippen LogP contribution in [0.2, 0.25) is 0 Å². The Hall–Kier alpha value is -3.03. The fourth-order valence-corrected chi connectivity index (χ4v) is 5.54. The van der Waals surface area contributed by atoms with Gasteiger partial charge < -0.3 is 15.8 Å². The average Bonchev–Trinajstić information content (AvgIpc) is 3.22. The van der Waals surface area contributed by atoms with Crippen LogP contribution >= 0.6 is 11.3 Å². The molecule has 1 unspecified atom stereocenters. The largest absolute Gasteiger partial charge is 0.497 e. The number of benzene rings is 1. The highest BCUT2D eigenvalue weighted by Crippen LogP contribution is 2.39. The summed E-state index contributed by atoms with van der Waals surface area (Å²) in [7, 11) is 1.68. The molecule has 1 aromatic carbocycles. The SMILES string of the molecule is COc1ccc(CC(N)CNc2nc(-c3ccncc3)nc3sc4c(c23)CCCC4)cc1. The third-order valence-corrected chi connectivity index (χ3v) is 7.13. The van der Waals surface area contributed by atoms with E-state index in [4.69, 9.17) is 20.4 Å². The molecule has 3 heterocycles. The van der Waals surface area contributed by atoms with Crippen LogP contribution in [0.1, 0.15) is 28.8 Å². The number of aromatic nitrogens is 3. The number of nitrogens with two attached hydrogens (primary N) is 1. The number of thiophene rings is 1. The fraction of sp³-hybridized carbons (Fsp3) is 0.320. The number of methoxy groups -OCH3 is 1. The quantitative estimate of drug-likeness (QED) is 0.432. The van der Waals surface area contributed by atoms with E-state index in [-0.39, 0.29) is 6.04 Å². The molecule has 0 saturated carbocycles. The van der Waals surface area contributed by atoms with Gasteiger partial charge in [0.05, 0.1) is 12.5 Å². The van der Waals surface area contributed by atoms with Gasteiger partial charge in [0.1, 0.15) is 16.4 Å². The normalized spacial score (nSPS) is 14.2. The van der Waals surface area contributed by atoms with Crippen LogP contribution in [0.15, 0.2) is 48.8 Å². The van der Waals surface area contributed by atoms with Crippen LogP contribution in [0.3, 0.4) is 0 Å². The van der Waals surface area contributed by atoms with Gasteiger partial charge in [0.15, 0.2) is 5.82 Å². The van der Waals surface area contributed by atoms with Crippen LogP contribution in [-0.2, 0) is 19.3 Å². The molecule has 0 fully saturated rings. The molecular formula is C25H27N5OS. The molecule has 0 radical (unpaired) electrons. The lowest BCUT2D eigenvalue weighted by atomic mass is 9.97. The molecule has 1 atom stereocenters. The van der Waals surface area contributed by atoms with E-state index < -0.39 is 0 Å². The molecule has 0 spiro atoms. The lowest BCUT2D eigenvalue weighted by Gasteiger charge is -2.16. The maximum atomic E-state index is 6.49. The van der Waals surface area contributed by atoms with Gasteiger partial charge in [0.2, 0.25) is 0 Å². The second-order valence-electron chi connectivity index (χ2n) is 8.22. The molecule has 1 aliphatic rings. The van der Waals surface area contributed by atoms with Gasteiger partial charge in [0.25, 0.3) is 0 Å². The van der Waals surface area contributed by atoms with Crippen molar-refractivity contribution in [1.29, 1.82) is 0 Å². The summed E-state index contributed by atoms with van der Waals surface area (Å²) in [6, 6.07) is 12.0. The second kappa shape index (κ2) is 9.22. The van der Waals surface area contributed by atoms with Crippen LogP contribution in [0, 0.1) is 0 Å². The first-order valence-corrected chi connectivity index (χ1v) is 11.9. The fourth-order valence-electron chi connectivity index (χ4n) is 4.28. The van der Waals surface area contributed by atoms with Crippen molar-refractivity contribution in [2.45, 2.75) is 38.1 Å². The number of ether oxygens (including phenoxy) is 1. The number of aryl methyl sites for hydroxylation is 2. The Kier molecular flexibility index (Phi) is 6.01. The monoisotopic (exact) mass is 445 g/mol. The Morgan fingerprint density at radius 2 is 1.84 bits per heavy atom. The molecule has 5 rings (SSSR count). The molecule has 3 N–H and O–H groups in total. The van der Waals surface area contributed by atoms with Gasteiger partial charge in [-0.15, -0.1) is 11.3 Å². The van der Waals surface area contributed by atoms with Gasteiger partial charge in [-0.05, 0) is 67.5 Å². The lowest BCUT2D eigenvalue weighted by Crippen LogP contribution is -2.31. The highest BCUT2D eigenvalue weighted by atomic mass is 32.1. The second-order valence-corrected chi connectivity index (χ2v) is 9.30. The van der Waals surface area contributed by atoms with Crippen molar-refractivity contribution in [2.75, 3.05) is 19.0 Å². The first kappa shape index (κ1) is 20.8. The summed E-state index contributed by atoms with van der Waals surface area (Å²) in [5.41, 5.74) is 10.1. The predicted molar refractivity (Wildman–Crippen MR) is 130 cm³/mol. The lowest BCUT2D eigenvalue weighted by molar-refractivity contribution is 0.414. The molecule has 0 saturated heterocycles. The first-order valence-electron chi connectivity index (χ1n) is 11.1. The smallest absolute Gasteiger partial charge is 0.163 e. The minimum absolute atomic E-state index is 0.0350.